The summed E-state index contributed by atoms with van der Waals surface area (Å²) in [4.78, 5) is 4.95. The van der Waals surface area contributed by atoms with Gasteiger partial charge in [0.25, 0.3) is 10.0 Å². The van der Waals surface area contributed by atoms with Crippen LogP contribution in [0.3, 0.4) is 0 Å². The molecular formula is C26H31N5O2S. The van der Waals surface area contributed by atoms with Crippen molar-refractivity contribution in [1.29, 1.82) is 0 Å². The maximum absolute atomic E-state index is 13.5. The van der Waals surface area contributed by atoms with Crippen molar-refractivity contribution in [2.24, 2.45) is 7.05 Å². The molecule has 7 nitrogen and oxygen atoms in total. The van der Waals surface area contributed by atoms with Crippen LogP contribution in [0.4, 0.5) is 0 Å². The van der Waals surface area contributed by atoms with Gasteiger partial charge in [0.05, 0.1) is 11.1 Å². The van der Waals surface area contributed by atoms with E-state index in [1.807, 2.05) is 25.5 Å². The lowest BCUT2D eigenvalue weighted by Gasteiger charge is -2.30. The first kappa shape index (κ1) is 22.8. The Hall–Kier alpha value is -2.97. The Kier molecular flexibility index (Phi) is 6.04. The molecule has 1 aliphatic carbocycles. The van der Waals surface area contributed by atoms with Crippen LogP contribution in [0, 0.1) is 0 Å². The normalized spacial score (nSPS) is 19.2. The first-order valence-electron chi connectivity index (χ1n) is 11.9. The van der Waals surface area contributed by atoms with E-state index in [2.05, 4.69) is 30.3 Å². The molecule has 0 saturated heterocycles. The molecule has 34 heavy (non-hydrogen) atoms. The Morgan fingerprint density at radius 3 is 2.41 bits per heavy atom. The number of aromatic nitrogens is 4. The molecule has 0 aliphatic heterocycles. The smallest absolute Gasteiger partial charge is 0.269 e. The van der Waals surface area contributed by atoms with Crippen LogP contribution in [0.15, 0.2) is 66.1 Å². The highest BCUT2D eigenvalue weighted by Gasteiger charge is 2.26. The fourth-order valence-electron chi connectivity index (χ4n) is 5.06. The fourth-order valence-corrected chi connectivity index (χ4v) is 6.41. The summed E-state index contributed by atoms with van der Waals surface area (Å²) in [5, 5.41) is 8.80. The van der Waals surface area contributed by atoms with E-state index >= 15 is 0 Å². The highest BCUT2D eigenvalue weighted by molar-refractivity contribution is 7.90. The van der Waals surface area contributed by atoms with Gasteiger partial charge in [-0.3, -0.25) is 4.68 Å². The van der Waals surface area contributed by atoms with Crippen molar-refractivity contribution in [1.82, 2.24) is 24.1 Å². The van der Waals surface area contributed by atoms with Crippen molar-refractivity contribution in [2.45, 2.75) is 62.4 Å². The molecule has 1 N–H and O–H groups in total. The average molecular weight is 478 g/mol. The summed E-state index contributed by atoms with van der Waals surface area (Å²) in [6.07, 6.45) is 11.7. The topological polar surface area (TPSA) is 81.8 Å². The third-order valence-electron chi connectivity index (χ3n) is 6.72. The predicted octanol–water partition coefficient (Wildman–Crippen LogP) is 4.70. The van der Waals surface area contributed by atoms with E-state index < -0.39 is 10.0 Å². The molecule has 0 amide bonds. The molecule has 8 heteroatoms. The number of hydrogen-bond donors (Lipinski definition) is 1. The minimum absolute atomic E-state index is 0.242. The SMILES string of the molecule is CC(C)NC1CCC(c2cnc3c(c2)c(-c2cnn(C)c2)cn3S(=O)(=O)c2ccccc2)CC1. The molecule has 5 rings (SSSR count). The minimum Gasteiger partial charge on any atom is -0.312 e. The summed E-state index contributed by atoms with van der Waals surface area (Å²) in [6.45, 7) is 4.39. The van der Waals surface area contributed by atoms with Gasteiger partial charge in [-0.15, -0.1) is 0 Å². The standard InChI is InChI=1S/C26H31N5O2S/c1-18(2)29-22-11-9-19(10-12-22)20-13-24-25(21-15-28-30(3)16-21)17-31(26(24)27-14-20)34(32,33)23-7-5-4-6-8-23/h4-8,13-19,22,29H,9-12H2,1-3H3. The van der Waals surface area contributed by atoms with E-state index in [4.69, 9.17) is 4.98 Å². The first-order valence-corrected chi connectivity index (χ1v) is 13.3. The Balaban J connectivity index is 1.57. The lowest BCUT2D eigenvalue weighted by molar-refractivity contribution is 0.326. The van der Waals surface area contributed by atoms with E-state index in [0.717, 1.165) is 42.2 Å². The summed E-state index contributed by atoms with van der Waals surface area (Å²) < 4.78 is 30.0. The van der Waals surface area contributed by atoms with Gasteiger partial charge in [0.15, 0.2) is 5.65 Å². The number of benzene rings is 1. The van der Waals surface area contributed by atoms with Crippen LogP contribution in [0.1, 0.15) is 51.0 Å². The van der Waals surface area contributed by atoms with E-state index in [1.165, 1.54) is 9.54 Å². The van der Waals surface area contributed by atoms with Gasteiger partial charge >= 0.3 is 0 Å². The van der Waals surface area contributed by atoms with Crippen molar-refractivity contribution in [3.05, 3.63) is 66.7 Å². The van der Waals surface area contributed by atoms with Gasteiger partial charge in [-0.1, -0.05) is 32.0 Å². The molecule has 0 atom stereocenters. The summed E-state index contributed by atoms with van der Waals surface area (Å²) in [7, 11) is -1.93. The van der Waals surface area contributed by atoms with Crippen LogP contribution in [0.5, 0.6) is 0 Å². The van der Waals surface area contributed by atoms with Crippen molar-refractivity contribution in [3.8, 4) is 11.1 Å². The lowest BCUT2D eigenvalue weighted by atomic mass is 9.82. The van der Waals surface area contributed by atoms with Crippen LogP contribution >= 0.6 is 0 Å². The first-order chi connectivity index (χ1) is 16.3. The zero-order valence-corrected chi connectivity index (χ0v) is 20.7. The monoisotopic (exact) mass is 477 g/mol. The fraction of sp³-hybridized carbons (Fsp3) is 0.385. The average Bonchev–Trinajstić information content (AvgIpc) is 3.43. The molecular weight excluding hydrogens is 446 g/mol. The second-order valence-corrected chi connectivity index (χ2v) is 11.4. The summed E-state index contributed by atoms with van der Waals surface area (Å²) in [6, 6.07) is 11.7. The Bertz CT molecular complexity index is 1400. The van der Waals surface area contributed by atoms with E-state index in [0.29, 0.717) is 23.6 Å². The maximum Gasteiger partial charge on any atom is 0.269 e. The van der Waals surface area contributed by atoms with Crippen LogP contribution in [-0.2, 0) is 17.1 Å². The van der Waals surface area contributed by atoms with E-state index in [-0.39, 0.29) is 4.90 Å². The summed E-state index contributed by atoms with van der Waals surface area (Å²) >= 11 is 0. The Morgan fingerprint density at radius 1 is 1.03 bits per heavy atom. The van der Waals surface area contributed by atoms with Gasteiger partial charge in [-0.25, -0.2) is 17.4 Å². The van der Waals surface area contributed by atoms with Crippen LogP contribution in [0.25, 0.3) is 22.2 Å². The van der Waals surface area contributed by atoms with Crippen LogP contribution in [-0.4, -0.2) is 39.2 Å². The molecule has 0 unspecified atom stereocenters. The quantitative estimate of drug-likeness (QED) is 0.435. The van der Waals surface area contributed by atoms with Gasteiger partial charge in [0.1, 0.15) is 0 Å². The summed E-state index contributed by atoms with van der Waals surface area (Å²) in [5.74, 6) is 0.429. The third-order valence-corrected chi connectivity index (χ3v) is 8.38. The Labute approximate surface area is 200 Å². The largest absolute Gasteiger partial charge is 0.312 e. The zero-order valence-electron chi connectivity index (χ0n) is 19.8. The van der Waals surface area contributed by atoms with Crippen LogP contribution < -0.4 is 5.32 Å². The molecule has 0 spiro atoms. The van der Waals surface area contributed by atoms with Crippen molar-refractivity contribution >= 4 is 21.1 Å². The van der Waals surface area contributed by atoms with Gasteiger partial charge < -0.3 is 5.32 Å². The molecule has 1 fully saturated rings. The molecule has 0 radical (unpaired) electrons. The van der Waals surface area contributed by atoms with E-state index in [1.54, 1.807) is 41.3 Å². The number of nitrogens with zero attached hydrogens (tertiary/aromatic N) is 4. The van der Waals surface area contributed by atoms with Gasteiger partial charge in [-0.05, 0) is 55.4 Å². The van der Waals surface area contributed by atoms with E-state index in [9.17, 15) is 8.42 Å². The molecule has 3 aromatic heterocycles. The molecule has 0 bridgehead atoms. The minimum atomic E-state index is -3.78. The van der Waals surface area contributed by atoms with Gasteiger partial charge in [0, 0.05) is 54.2 Å². The second-order valence-electron chi connectivity index (χ2n) is 9.57. The predicted molar refractivity (Wildman–Crippen MR) is 134 cm³/mol. The second kappa shape index (κ2) is 9.00. The van der Waals surface area contributed by atoms with Gasteiger partial charge in [-0.2, -0.15) is 5.10 Å². The molecule has 1 aromatic carbocycles. The van der Waals surface area contributed by atoms with Gasteiger partial charge in [0.2, 0.25) is 0 Å². The molecule has 1 saturated carbocycles. The lowest BCUT2D eigenvalue weighted by Crippen LogP contribution is -2.37. The number of pyridine rings is 1. The van der Waals surface area contributed by atoms with Crippen molar-refractivity contribution in [2.75, 3.05) is 0 Å². The molecule has 3 heterocycles. The van der Waals surface area contributed by atoms with Crippen molar-refractivity contribution < 1.29 is 8.42 Å². The maximum atomic E-state index is 13.5. The van der Waals surface area contributed by atoms with Crippen LogP contribution in [0.2, 0.25) is 0 Å². The zero-order chi connectivity index (χ0) is 23.9. The van der Waals surface area contributed by atoms with Crippen molar-refractivity contribution in [3.63, 3.8) is 0 Å². The highest BCUT2D eigenvalue weighted by Crippen LogP contribution is 2.37. The number of fused-ring (bicyclic) bond motifs is 1. The third kappa shape index (κ3) is 4.28. The number of hydrogen-bond acceptors (Lipinski definition) is 5. The number of nitrogens with one attached hydrogen (secondary N) is 1. The highest BCUT2D eigenvalue weighted by atomic mass is 32.2. The number of aryl methyl sites for hydroxylation is 1. The summed E-state index contributed by atoms with van der Waals surface area (Å²) in [5.41, 5.74) is 3.32. The Morgan fingerprint density at radius 2 is 1.76 bits per heavy atom. The molecule has 178 valence electrons. The molecule has 4 aromatic rings. The molecule has 1 aliphatic rings. The number of rotatable bonds is 6.